The van der Waals surface area contributed by atoms with Crippen molar-refractivity contribution in [2.75, 3.05) is 19.0 Å². The third-order valence-corrected chi connectivity index (χ3v) is 2.88. The van der Waals surface area contributed by atoms with Crippen LogP contribution >= 0.6 is 0 Å². The first-order valence-corrected chi connectivity index (χ1v) is 6.30. The molecule has 4 nitrogen and oxygen atoms in total. The Labute approximate surface area is 116 Å². The van der Waals surface area contributed by atoms with Crippen LogP contribution in [0.15, 0.2) is 24.4 Å². The number of aromatic nitrogens is 2. The molecular formula is C14H17F2N3O. The second-order valence-corrected chi connectivity index (χ2v) is 4.48. The van der Waals surface area contributed by atoms with Crippen molar-refractivity contribution in [1.29, 1.82) is 0 Å². The van der Waals surface area contributed by atoms with E-state index in [9.17, 15) is 8.78 Å². The van der Waals surface area contributed by atoms with E-state index in [4.69, 9.17) is 4.74 Å². The number of halogens is 2. The fraction of sp³-hybridized carbons (Fsp3) is 0.357. The van der Waals surface area contributed by atoms with Crippen molar-refractivity contribution < 1.29 is 13.5 Å². The maximum atomic E-state index is 13.5. The third-order valence-electron chi connectivity index (χ3n) is 2.88. The number of hydrogen-bond acceptors (Lipinski definition) is 3. The van der Waals surface area contributed by atoms with E-state index in [0.29, 0.717) is 19.1 Å². The van der Waals surface area contributed by atoms with Gasteiger partial charge in [0.25, 0.3) is 0 Å². The molecule has 0 unspecified atom stereocenters. The van der Waals surface area contributed by atoms with Gasteiger partial charge in [0.2, 0.25) is 5.95 Å². The van der Waals surface area contributed by atoms with Crippen LogP contribution in [0.1, 0.15) is 11.3 Å². The molecule has 1 heterocycles. The highest BCUT2D eigenvalue weighted by molar-refractivity contribution is 5.31. The van der Waals surface area contributed by atoms with Gasteiger partial charge in [-0.3, -0.25) is 0 Å². The molecule has 0 fully saturated rings. The Morgan fingerprint density at radius 1 is 1.35 bits per heavy atom. The first-order chi connectivity index (χ1) is 9.60. The summed E-state index contributed by atoms with van der Waals surface area (Å²) in [6.07, 6.45) is 1.88. The van der Waals surface area contributed by atoms with Crippen molar-refractivity contribution in [3.05, 3.63) is 47.3 Å². The van der Waals surface area contributed by atoms with Crippen molar-refractivity contribution in [1.82, 2.24) is 9.55 Å². The predicted molar refractivity (Wildman–Crippen MR) is 72.5 cm³/mol. The van der Waals surface area contributed by atoms with Crippen LogP contribution in [0.5, 0.6) is 0 Å². The van der Waals surface area contributed by atoms with E-state index in [-0.39, 0.29) is 12.1 Å². The van der Waals surface area contributed by atoms with Gasteiger partial charge in [0, 0.05) is 32.0 Å². The van der Waals surface area contributed by atoms with Gasteiger partial charge in [-0.2, -0.15) is 0 Å². The predicted octanol–water partition coefficient (Wildman–Crippen LogP) is 2.73. The first-order valence-electron chi connectivity index (χ1n) is 6.30. The van der Waals surface area contributed by atoms with E-state index >= 15 is 0 Å². The largest absolute Gasteiger partial charge is 0.383 e. The van der Waals surface area contributed by atoms with E-state index in [2.05, 4.69) is 10.3 Å². The second kappa shape index (κ2) is 6.47. The molecule has 0 aliphatic carbocycles. The molecule has 0 radical (unpaired) electrons. The lowest BCUT2D eigenvalue weighted by Gasteiger charge is -2.10. The standard InChI is InChI=1S/C14H17F2N3O/c1-10-9-19(5-6-20-2)14(18-10)17-8-11-7-12(15)3-4-13(11)16/h3-4,7,9H,5-6,8H2,1-2H3,(H,17,18). The average Bonchev–Trinajstić information content (AvgIpc) is 2.77. The van der Waals surface area contributed by atoms with Gasteiger partial charge in [-0.15, -0.1) is 0 Å². The smallest absolute Gasteiger partial charge is 0.203 e. The van der Waals surface area contributed by atoms with Gasteiger partial charge < -0.3 is 14.6 Å². The molecule has 2 rings (SSSR count). The number of rotatable bonds is 6. The summed E-state index contributed by atoms with van der Waals surface area (Å²) in [6.45, 7) is 3.24. The second-order valence-electron chi connectivity index (χ2n) is 4.48. The number of nitrogens with zero attached hydrogens (tertiary/aromatic N) is 2. The molecule has 1 aromatic carbocycles. The fourth-order valence-corrected chi connectivity index (χ4v) is 1.90. The Balaban J connectivity index is 2.08. The summed E-state index contributed by atoms with van der Waals surface area (Å²) in [5.74, 6) is -0.282. The summed E-state index contributed by atoms with van der Waals surface area (Å²) in [5, 5.41) is 3.02. The summed E-state index contributed by atoms with van der Waals surface area (Å²) < 4.78 is 33.5. The van der Waals surface area contributed by atoms with Crippen LogP contribution < -0.4 is 5.32 Å². The zero-order chi connectivity index (χ0) is 14.5. The molecule has 0 bridgehead atoms. The number of methoxy groups -OCH3 is 1. The highest BCUT2D eigenvalue weighted by atomic mass is 19.1. The lowest BCUT2D eigenvalue weighted by Crippen LogP contribution is -2.10. The van der Waals surface area contributed by atoms with E-state index in [1.807, 2.05) is 17.7 Å². The summed E-state index contributed by atoms with van der Waals surface area (Å²) >= 11 is 0. The molecule has 20 heavy (non-hydrogen) atoms. The minimum absolute atomic E-state index is 0.174. The van der Waals surface area contributed by atoms with Gasteiger partial charge in [0.1, 0.15) is 11.6 Å². The lowest BCUT2D eigenvalue weighted by atomic mass is 10.2. The first kappa shape index (κ1) is 14.5. The van der Waals surface area contributed by atoms with Crippen molar-refractivity contribution in [2.24, 2.45) is 0 Å². The topological polar surface area (TPSA) is 39.1 Å². The van der Waals surface area contributed by atoms with E-state index in [0.717, 1.165) is 17.8 Å². The van der Waals surface area contributed by atoms with E-state index in [1.165, 1.54) is 6.07 Å². The molecular weight excluding hydrogens is 264 g/mol. The van der Waals surface area contributed by atoms with Gasteiger partial charge in [0.05, 0.1) is 12.3 Å². The van der Waals surface area contributed by atoms with Gasteiger partial charge >= 0.3 is 0 Å². The summed E-state index contributed by atoms with van der Waals surface area (Å²) in [6, 6.07) is 3.40. The number of nitrogens with one attached hydrogen (secondary N) is 1. The zero-order valence-corrected chi connectivity index (χ0v) is 11.5. The van der Waals surface area contributed by atoms with Crippen LogP contribution in [0.25, 0.3) is 0 Å². The maximum Gasteiger partial charge on any atom is 0.203 e. The van der Waals surface area contributed by atoms with Crippen molar-refractivity contribution in [3.8, 4) is 0 Å². The lowest BCUT2D eigenvalue weighted by molar-refractivity contribution is 0.187. The summed E-state index contributed by atoms with van der Waals surface area (Å²) in [5.41, 5.74) is 1.12. The minimum atomic E-state index is -0.456. The SMILES string of the molecule is COCCn1cc(C)nc1NCc1cc(F)ccc1F. The molecule has 0 aliphatic rings. The minimum Gasteiger partial charge on any atom is -0.383 e. The van der Waals surface area contributed by atoms with Crippen LogP contribution in [-0.4, -0.2) is 23.3 Å². The molecule has 1 aromatic heterocycles. The molecule has 1 N–H and O–H groups in total. The molecule has 6 heteroatoms. The van der Waals surface area contributed by atoms with Crippen LogP contribution in [-0.2, 0) is 17.8 Å². The molecule has 0 saturated carbocycles. The normalized spacial score (nSPS) is 10.8. The molecule has 0 saturated heterocycles. The van der Waals surface area contributed by atoms with Crippen LogP contribution in [0.4, 0.5) is 14.7 Å². The van der Waals surface area contributed by atoms with Crippen molar-refractivity contribution in [2.45, 2.75) is 20.0 Å². The van der Waals surface area contributed by atoms with E-state index in [1.54, 1.807) is 7.11 Å². The van der Waals surface area contributed by atoms with Crippen LogP contribution in [0.2, 0.25) is 0 Å². The molecule has 0 amide bonds. The molecule has 0 atom stereocenters. The Hall–Kier alpha value is -1.95. The third kappa shape index (κ3) is 3.54. The number of benzene rings is 1. The van der Waals surface area contributed by atoms with Crippen LogP contribution in [0.3, 0.4) is 0 Å². The summed E-state index contributed by atoms with van der Waals surface area (Å²) in [7, 11) is 1.62. The Kier molecular flexibility index (Phi) is 4.68. The monoisotopic (exact) mass is 281 g/mol. The number of ether oxygens (including phenoxy) is 1. The fourth-order valence-electron chi connectivity index (χ4n) is 1.90. The maximum absolute atomic E-state index is 13.5. The molecule has 0 aliphatic heterocycles. The van der Waals surface area contributed by atoms with Gasteiger partial charge in [-0.05, 0) is 25.1 Å². The Morgan fingerprint density at radius 3 is 2.90 bits per heavy atom. The zero-order valence-electron chi connectivity index (χ0n) is 11.5. The van der Waals surface area contributed by atoms with Crippen molar-refractivity contribution >= 4 is 5.95 Å². The highest BCUT2D eigenvalue weighted by Crippen LogP contribution is 2.13. The summed E-state index contributed by atoms with van der Waals surface area (Å²) in [4.78, 5) is 4.31. The van der Waals surface area contributed by atoms with Crippen molar-refractivity contribution in [3.63, 3.8) is 0 Å². The number of hydrogen-bond donors (Lipinski definition) is 1. The average molecular weight is 281 g/mol. The van der Waals surface area contributed by atoms with Gasteiger partial charge in [0.15, 0.2) is 0 Å². The Bertz CT molecular complexity index is 584. The molecule has 2 aromatic rings. The number of anilines is 1. The quantitative estimate of drug-likeness (QED) is 0.885. The van der Waals surface area contributed by atoms with E-state index < -0.39 is 11.6 Å². The highest BCUT2D eigenvalue weighted by Gasteiger charge is 2.08. The van der Waals surface area contributed by atoms with Crippen LogP contribution in [0, 0.1) is 18.6 Å². The van der Waals surface area contributed by atoms with Gasteiger partial charge in [-0.25, -0.2) is 13.8 Å². The van der Waals surface area contributed by atoms with Gasteiger partial charge in [-0.1, -0.05) is 0 Å². The number of aryl methyl sites for hydroxylation is 1. The molecule has 0 spiro atoms. The molecule has 108 valence electrons. The number of imidazole rings is 1. The Morgan fingerprint density at radius 2 is 2.15 bits per heavy atom.